The number of hydrogen-bond donors (Lipinski definition) is 0. The molecule has 0 unspecified atom stereocenters. The summed E-state index contributed by atoms with van der Waals surface area (Å²) in [5.41, 5.74) is 0.990. The zero-order valence-corrected chi connectivity index (χ0v) is 13.5. The maximum Gasteiger partial charge on any atom is 0.244 e. The van der Waals surface area contributed by atoms with Crippen LogP contribution in [0.4, 0.5) is 0 Å². The van der Waals surface area contributed by atoms with Crippen LogP contribution in [0.2, 0.25) is 0 Å². The number of nitriles is 1. The zero-order valence-electron chi connectivity index (χ0n) is 13.5. The van der Waals surface area contributed by atoms with Crippen LogP contribution < -0.4 is 0 Å². The maximum atomic E-state index is 12.4. The lowest BCUT2D eigenvalue weighted by Gasteiger charge is -2.37. The largest absolute Gasteiger partial charge is 0.339 e. The molecule has 1 aromatic carbocycles. The van der Waals surface area contributed by atoms with E-state index in [9.17, 15) is 10.1 Å². The summed E-state index contributed by atoms with van der Waals surface area (Å²) >= 11 is 0. The van der Waals surface area contributed by atoms with Crippen LogP contribution in [0.15, 0.2) is 30.3 Å². The van der Waals surface area contributed by atoms with Crippen LogP contribution in [-0.2, 0) is 11.3 Å². The Balaban J connectivity index is 1.58. The number of hydrogen-bond acceptors (Lipinski definition) is 6. The number of amides is 1. The summed E-state index contributed by atoms with van der Waals surface area (Å²) in [5, 5.41) is 20.6. The van der Waals surface area contributed by atoms with Gasteiger partial charge in [-0.05, 0) is 22.9 Å². The number of tetrazole rings is 1. The fraction of sp³-hybridized carbons (Fsp3) is 0.438. The smallest absolute Gasteiger partial charge is 0.244 e. The van der Waals surface area contributed by atoms with Crippen molar-refractivity contribution in [3.05, 3.63) is 41.7 Å². The van der Waals surface area contributed by atoms with Crippen molar-refractivity contribution in [2.24, 2.45) is 0 Å². The summed E-state index contributed by atoms with van der Waals surface area (Å²) in [7, 11) is 0. The Kier molecular flexibility index (Phi) is 4.82. The Morgan fingerprint density at radius 1 is 1.25 bits per heavy atom. The molecule has 8 heteroatoms. The number of nitrogens with zero attached hydrogens (tertiary/aromatic N) is 7. The molecule has 1 saturated heterocycles. The second-order valence-corrected chi connectivity index (χ2v) is 5.74. The molecular formula is C16H19N7O. The van der Waals surface area contributed by atoms with E-state index < -0.39 is 0 Å². The minimum atomic E-state index is -0.273. The molecule has 3 rings (SSSR count). The summed E-state index contributed by atoms with van der Waals surface area (Å²) in [4.78, 5) is 16.3. The van der Waals surface area contributed by atoms with Crippen molar-refractivity contribution in [3.8, 4) is 6.07 Å². The minimum absolute atomic E-state index is 0.00160. The van der Waals surface area contributed by atoms with E-state index in [1.54, 1.807) is 11.8 Å². The lowest BCUT2D eigenvalue weighted by atomic mass is 10.1. The Morgan fingerprint density at radius 3 is 2.54 bits per heavy atom. The van der Waals surface area contributed by atoms with Crippen LogP contribution in [0, 0.1) is 18.3 Å². The Hall–Kier alpha value is -2.79. The van der Waals surface area contributed by atoms with Crippen LogP contribution in [0.3, 0.4) is 0 Å². The highest BCUT2D eigenvalue weighted by atomic mass is 16.2. The Bertz CT molecular complexity index is 728. The molecule has 24 heavy (non-hydrogen) atoms. The van der Waals surface area contributed by atoms with E-state index in [1.807, 2.05) is 30.3 Å². The lowest BCUT2D eigenvalue weighted by Crippen LogP contribution is -2.50. The van der Waals surface area contributed by atoms with Crippen LogP contribution >= 0.6 is 0 Å². The molecule has 0 saturated carbocycles. The zero-order chi connectivity index (χ0) is 16.9. The first-order valence-electron chi connectivity index (χ1n) is 7.88. The number of aryl methyl sites for hydroxylation is 1. The van der Waals surface area contributed by atoms with Gasteiger partial charge in [0.25, 0.3) is 0 Å². The monoisotopic (exact) mass is 325 g/mol. The molecule has 124 valence electrons. The van der Waals surface area contributed by atoms with E-state index in [2.05, 4.69) is 26.5 Å². The normalized spacial score (nSPS) is 16.6. The molecule has 0 spiro atoms. The molecule has 0 bridgehead atoms. The molecule has 1 aliphatic heterocycles. The maximum absolute atomic E-state index is 12.4. The molecule has 1 aromatic heterocycles. The lowest BCUT2D eigenvalue weighted by molar-refractivity contribution is -0.134. The van der Waals surface area contributed by atoms with Crippen molar-refractivity contribution in [3.63, 3.8) is 0 Å². The summed E-state index contributed by atoms with van der Waals surface area (Å²) < 4.78 is 1.50. The SMILES string of the molecule is Cc1nnnn1CC(=O)N1CCN([C@@H](C#N)c2ccccc2)CC1. The molecule has 0 aliphatic carbocycles. The van der Waals surface area contributed by atoms with Gasteiger partial charge in [0.1, 0.15) is 18.4 Å². The molecule has 1 fully saturated rings. The van der Waals surface area contributed by atoms with Crippen molar-refractivity contribution in [2.75, 3.05) is 26.2 Å². The fourth-order valence-corrected chi connectivity index (χ4v) is 2.86. The van der Waals surface area contributed by atoms with Gasteiger partial charge in [-0.15, -0.1) is 5.10 Å². The van der Waals surface area contributed by atoms with Crippen LogP contribution in [0.5, 0.6) is 0 Å². The minimum Gasteiger partial charge on any atom is -0.339 e. The second-order valence-electron chi connectivity index (χ2n) is 5.74. The molecule has 8 nitrogen and oxygen atoms in total. The van der Waals surface area contributed by atoms with E-state index >= 15 is 0 Å². The highest BCUT2D eigenvalue weighted by molar-refractivity contribution is 5.76. The first-order valence-corrected chi connectivity index (χ1v) is 7.88. The summed E-state index contributed by atoms with van der Waals surface area (Å²) in [6.45, 7) is 4.47. The third-order valence-corrected chi connectivity index (χ3v) is 4.27. The third kappa shape index (κ3) is 3.41. The van der Waals surface area contributed by atoms with E-state index in [4.69, 9.17) is 0 Å². The van der Waals surface area contributed by atoms with Gasteiger partial charge in [-0.2, -0.15) is 5.26 Å². The van der Waals surface area contributed by atoms with Gasteiger partial charge < -0.3 is 4.90 Å². The summed E-state index contributed by atoms with van der Waals surface area (Å²) in [6, 6.07) is 11.8. The van der Waals surface area contributed by atoms with E-state index in [-0.39, 0.29) is 18.5 Å². The first kappa shape index (κ1) is 16.1. The van der Waals surface area contributed by atoms with Crippen molar-refractivity contribution in [1.29, 1.82) is 5.26 Å². The van der Waals surface area contributed by atoms with Gasteiger partial charge in [0.2, 0.25) is 5.91 Å². The van der Waals surface area contributed by atoms with E-state index in [1.165, 1.54) is 4.68 Å². The quantitative estimate of drug-likeness (QED) is 0.807. The predicted molar refractivity (Wildman–Crippen MR) is 85.5 cm³/mol. The van der Waals surface area contributed by atoms with Crippen LogP contribution in [0.25, 0.3) is 0 Å². The van der Waals surface area contributed by atoms with Gasteiger partial charge in [-0.1, -0.05) is 30.3 Å². The molecule has 2 heterocycles. The standard InChI is InChI=1S/C16H19N7O/c1-13-18-19-20-23(13)12-16(24)22-9-7-21(8-10-22)15(11-17)14-5-3-2-4-6-14/h2-6,15H,7-10,12H2,1H3/t15-/m0/s1. The predicted octanol–water partition coefficient (Wildman–Crippen LogP) is 0.391. The topological polar surface area (TPSA) is 90.9 Å². The number of aromatic nitrogens is 4. The van der Waals surface area contributed by atoms with E-state index in [0.29, 0.717) is 32.0 Å². The molecule has 1 atom stereocenters. The van der Waals surface area contributed by atoms with Crippen LogP contribution in [0.1, 0.15) is 17.4 Å². The average Bonchev–Trinajstić information content (AvgIpc) is 3.02. The molecule has 1 amide bonds. The molecular weight excluding hydrogens is 306 g/mol. The van der Waals surface area contributed by atoms with Gasteiger partial charge in [0.15, 0.2) is 0 Å². The van der Waals surface area contributed by atoms with Gasteiger partial charge in [-0.25, -0.2) is 4.68 Å². The molecule has 1 aliphatic rings. The van der Waals surface area contributed by atoms with Gasteiger partial charge >= 0.3 is 0 Å². The molecule has 0 N–H and O–H groups in total. The summed E-state index contributed by atoms with van der Waals surface area (Å²) in [5.74, 6) is 0.619. The number of carbonyl (C=O) groups excluding carboxylic acids is 1. The van der Waals surface area contributed by atoms with Gasteiger partial charge in [-0.3, -0.25) is 9.69 Å². The van der Waals surface area contributed by atoms with Crippen molar-refractivity contribution >= 4 is 5.91 Å². The molecule has 0 radical (unpaired) electrons. The van der Waals surface area contributed by atoms with Gasteiger partial charge in [0.05, 0.1) is 6.07 Å². The third-order valence-electron chi connectivity index (χ3n) is 4.27. The highest BCUT2D eigenvalue weighted by Crippen LogP contribution is 2.21. The average molecular weight is 325 g/mol. The fourth-order valence-electron chi connectivity index (χ4n) is 2.86. The highest BCUT2D eigenvalue weighted by Gasteiger charge is 2.27. The van der Waals surface area contributed by atoms with Gasteiger partial charge in [0, 0.05) is 26.2 Å². The number of benzene rings is 1. The Morgan fingerprint density at radius 2 is 1.96 bits per heavy atom. The van der Waals surface area contributed by atoms with Crippen molar-refractivity contribution in [1.82, 2.24) is 30.0 Å². The van der Waals surface area contributed by atoms with Crippen molar-refractivity contribution < 1.29 is 4.79 Å². The Labute approximate surface area is 140 Å². The first-order chi connectivity index (χ1) is 11.7. The molecule has 2 aromatic rings. The second kappa shape index (κ2) is 7.19. The van der Waals surface area contributed by atoms with Crippen LogP contribution in [-0.4, -0.2) is 62.1 Å². The van der Waals surface area contributed by atoms with Crippen molar-refractivity contribution in [2.45, 2.75) is 19.5 Å². The number of rotatable bonds is 4. The number of carbonyl (C=O) groups is 1. The summed E-state index contributed by atoms with van der Waals surface area (Å²) in [6.07, 6.45) is 0. The number of piperazine rings is 1. The van der Waals surface area contributed by atoms with E-state index in [0.717, 1.165) is 5.56 Å².